The molecule has 96 valence electrons. The van der Waals surface area contributed by atoms with E-state index in [1.165, 1.54) is 4.90 Å². The fourth-order valence-electron chi connectivity index (χ4n) is 2.07. The molecule has 1 aliphatic heterocycles. The molecule has 1 aromatic rings. The summed E-state index contributed by atoms with van der Waals surface area (Å²) in [6, 6.07) is 9.49. The monoisotopic (exact) mass is 247 g/mol. The van der Waals surface area contributed by atoms with Crippen LogP contribution in [0, 0.1) is 0 Å². The smallest absolute Gasteiger partial charge is 0.410 e. The van der Waals surface area contributed by atoms with Gasteiger partial charge < -0.3 is 4.74 Å². The average Bonchev–Trinajstić information content (AvgIpc) is 2.63. The Labute approximate surface area is 107 Å². The van der Waals surface area contributed by atoms with Crippen molar-refractivity contribution < 1.29 is 14.3 Å². The summed E-state index contributed by atoms with van der Waals surface area (Å²) in [6.45, 7) is 4.19. The molecule has 1 saturated heterocycles. The van der Waals surface area contributed by atoms with Crippen molar-refractivity contribution in [3.63, 3.8) is 0 Å². The first-order valence-corrected chi connectivity index (χ1v) is 6.03. The second-order valence-electron chi connectivity index (χ2n) is 4.92. The van der Waals surface area contributed by atoms with Crippen molar-refractivity contribution in [2.45, 2.75) is 32.4 Å². The SMILES string of the molecule is CC1(C)C(=O)CCN1C(=O)OCc1ccccc1. The quantitative estimate of drug-likeness (QED) is 0.806. The zero-order valence-electron chi connectivity index (χ0n) is 10.7. The molecule has 1 heterocycles. The molecule has 1 amide bonds. The Morgan fingerprint density at radius 2 is 2.00 bits per heavy atom. The van der Waals surface area contributed by atoms with Gasteiger partial charge >= 0.3 is 6.09 Å². The van der Waals surface area contributed by atoms with E-state index in [-0.39, 0.29) is 12.4 Å². The van der Waals surface area contributed by atoms with Crippen molar-refractivity contribution in [1.29, 1.82) is 0 Å². The van der Waals surface area contributed by atoms with Gasteiger partial charge in [-0.1, -0.05) is 30.3 Å². The lowest BCUT2D eigenvalue weighted by atomic mass is 10.0. The molecule has 1 aromatic carbocycles. The average molecular weight is 247 g/mol. The largest absolute Gasteiger partial charge is 0.445 e. The van der Waals surface area contributed by atoms with Crippen LogP contribution in [0.4, 0.5) is 4.79 Å². The molecule has 0 N–H and O–H groups in total. The lowest BCUT2D eigenvalue weighted by Gasteiger charge is -2.28. The predicted octanol–water partition coefficient (Wildman–Crippen LogP) is 2.38. The number of likely N-dealkylation sites (tertiary alicyclic amines) is 1. The van der Waals surface area contributed by atoms with Gasteiger partial charge in [-0.3, -0.25) is 9.69 Å². The number of ketones is 1. The third-order valence-corrected chi connectivity index (χ3v) is 3.35. The Bertz CT molecular complexity index is 453. The van der Waals surface area contributed by atoms with Crippen LogP contribution >= 0.6 is 0 Å². The Kier molecular flexibility index (Phi) is 3.36. The number of carbonyl (C=O) groups excluding carboxylic acids is 2. The van der Waals surface area contributed by atoms with Crippen molar-refractivity contribution in [3.05, 3.63) is 35.9 Å². The van der Waals surface area contributed by atoms with Gasteiger partial charge in [0, 0.05) is 13.0 Å². The lowest BCUT2D eigenvalue weighted by Crippen LogP contribution is -2.46. The highest BCUT2D eigenvalue weighted by Gasteiger charge is 2.43. The second-order valence-corrected chi connectivity index (χ2v) is 4.92. The summed E-state index contributed by atoms with van der Waals surface area (Å²) in [7, 11) is 0. The zero-order chi connectivity index (χ0) is 13.2. The molecule has 2 rings (SSSR count). The third-order valence-electron chi connectivity index (χ3n) is 3.35. The zero-order valence-corrected chi connectivity index (χ0v) is 10.7. The van der Waals surface area contributed by atoms with E-state index in [0.29, 0.717) is 13.0 Å². The van der Waals surface area contributed by atoms with Crippen LogP contribution in [-0.4, -0.2) is 28.9 Å². The van der Waals surface area contributed by atoms with E-state index < -0.39 is 11.6 Å². The summed E-state index contributed by atoms with van der Waals surface area (Å²) >= 11 is 0. The molecular formula is C14H17NO3. The minimum absolute atomic E-state index is 0.0826. The van der Waals surface area contributed by atoms with E-state index in [0.717, 1.165) is 5.56 Å². The fraction of sp³-hybridized carbons (Fsp3) is 0.429. The Morgan fingerprint density at radius 1 is 1.33 bits per heavy atom. The van der Waals surface area contributed by atoms with Crippen LogP contribution in [0.25, 0.3) is 0 Å². The highest BCUT2D eigenvalue weighted by Crippen LogP contribution is 2.25. The first-order chi connectivity index (χ1) is 8.51. The molecule has 0 saturated carbocycles. The van der Waals surface area contributed by atoms with E-state index in [4.69, 9.17) is 4.74 Å². The van der Waals surface area contributed by atoms with Crippen LogP contribution in [-0.2, 0) is 16.1 Å². The van der Waals surface area contributed by atoms with Gasteiger partial charge in [0.15, 0.2) is 5.78 Å². The summed E-state index contributed by atoms with van der Waals surface area (Å²) in [5, 5.41) is 0. The molecule has 0 spiro atoms. The van der Waals surface area contributed by atoms with Crippen LogP contribution in [0.15, 0.2) is 30.3 Å². The number of carbonyl (C=O) groups is 2. The molecule has 4 heteroatoms. The van der Waals surface area contributed by atoms with Crippen molar-refractivity contribution in [1.82, 2.24) is 4.90 Å². The molecule has 4 nitrogen and oxygen atoms in total. The van der Waals surface area contributed by atoms with Gasteiger partial charge in [0.25, 0.3) is 0 Å². The van der Waals surface area contributed by atoms with Gasteiger partial charge in [-0.15, -0.1) is 0 Å². The number of rotatable bonds is 2. The van der Waals surface area contributed by atoms with Crippen LogP contribution in [0.5, 0.6) is 0 Å². The molecule has 1 aliphatic rings. The lowest BCUT2D eigenvalue weighted by molar-refractivity contribution is -0.123. The van der Waals surface area contributed by atoms with Crippen LogP contribution in [0.2, 0.25) is 0 Å². The van der Waals surface area contributed by atoms with Gasteiger partial charge in [-0.25, -0.2) is 4.79 Å². The number of ether oxygens (including phenoxy) is 1. The summed E-state index contributed by atoms with van der Waals surface area (Å²) in [5.74, 6) is 0.0826. The number of benzene rings is 1. The van der Waals surface area contributed by atoms with E-state index in [1.807, 2.05) is 30.3 Å². The molecule has 0 unspecified atom stereocenters. The summed E-state index contributed by atoms with van der Waals surface area (Å²) in [4.78, 5) is 25.1. The number of nitrogens with zero attached hydrogens (tertiary/aromatic N) is 1. The van der Waals surface area contributed by atoms with Crippen molar-refractivity contribution >= 4 is 11.9 Å². The van der Waals surface area contributed by atoms with E-state index in [9.17, 15) is 9.59 Å². The first kappa shape index (κ1) is 12.6. The van der Waals surface area contributed by atoms with E-state index in [2.05, 4.69) is 0 Å². The maximum atomic E-state index is 11.9. The Morgan fingerprint density at radius 3 is 2.56 bits per heavy atom. The predicted molar refractivity (Wildman–Crippen MR) is 67.0 cm³/mol. The maximum Gasteiger partial charge on any atom is 0.410 e. The topological polar surface area (TPSA) is 46.6 Å². The van der Waals surface area contributed by atoms with Gasteiger partial charge in [0.2, 0.25) is 0 Å². The summed E-state index contributed by atoms with van der Waals surface area (Å²) < 4.78 is 5.23. The van der Waals surface area contributed by atoms with Gasteiger partial charge in [0.05, 0.1) is 5.54 Å². The molecule has 0 atom stereocenters. The fourth-order valence-corrected chi connectivity index (χ4v) is 2.07. The van der Waals surface area contributed by atoms with Crippen LogP contribution in [0.1, 0.15) is 25.8 Å². The van der Waals surface area contributed by atoms with E-state index >= 15 is 0 Å². The normalized spacial score (nSPS) is 17.9. The van der Waals surface area contributed by atoms with Crippen LogP contribution < -0.4 is 0 Å². The highest BCUT2D eigenvalue weighted by atomic mass is 16.6. The number of hydrogen-bond acceptors (Lipinski definition) is 3. The third kappa shape index (κ3) is 2.37. The minimum Gasteiger partial charge on any atom is -0.445 e. The molecule has 0 aliphatic carbocycles. The molecule has 18 heavy (non-hydrogen) atoms. The van der Waals surface area contributed by atoms with Crippen molar-refractivity contribution in [2.75, 3.05) is 6.54 Å². The molecule has 0 bridgehead atoms. The number of hydrogen-bond donors (Lipinski definition) is 0. The molecule has 0 radical (unpaired) electrons. The molecule has 1 fully saturated rings. The van der Waals surface area contributed by atoms with Crippen molar-refractivity contribution in [2.24, 2.45) is 0 Å². The maximum absolute atomic E-state index is 11.9. The van der Waals surface area contributed by atoms with E-state index in [1.54, 1.807) is 13.8 Å². The molecule has 0 aromatic heterocycles. The summed E-state index contributed by atoms with van der Waals surface area (Å²) in [5.41, 5.74) is 0.197. The second kappa shape index (κ2) is 4.80. The first-order valence-electron chi connectivity index (χ1n) is 6.03. The van der Waals surface area contributed by atoms with Gasteiger partial charge in [0.1, 0.15) is 6.61 Å². The Balaban J connectivity index is 1.95. The van der Waals surface area contributed by atoms with Crippen molar-refractivity contribution in [3.8, 4) is 0 Å². The minimum atomic E-state index is -0.742. The summed E-state index contributed by atoms with van der Waals surface area (Å²) in [6.07, 6.45) is -0.0114. The van der Waals surface area contributed by atoms with Gasteiger partial charge in [-0.05, 0) is 19.4 Å². The highest BCUT2D eigenvalue weighted by molar-refractivity contribution is 5.93. The Hall–Kier alpha value is -1.84. The molecular weight excluding hydrogens is 230 g/mol. The van der Waals surface area contributed by atoms with Crippen LogP contribution in [0.3, 0.4) is 0 Å². The number of amides is 1. The standard InChI is InChI=1S/C14H17NO3/c1-14(2)12(16)8-9-15(14)13(17)18-10-11-6-4-3-5-7-11/h3-7H,8-10H2,1-2H3. The number of Topliss-reactive ketones (excluding diaryl/α,β-unsaturated/α-hetero) is 1. The van der Waals surface area contributed by atoms with Gasteiger partial charge in [-0.2, -0.15) is 0 Å².